The summed E-state index contributed by atoms with van der Waals surface area (Å²) in [6, 6.07) is 6.90. The first kappa shape index (κ1) is 15.9. The molecular weight excluding hydrogens is 335 g/mol. The van der Waals surface area contributed by atoms with E-state index in [1.807, 2.05) is 16.9 Å². The van der Waals surface area contributed by atoms with E-state index in [9.17, 15) is 9.18 Å². The summed E-state index contributed by atoms with van der Waals surface area (Å²) in [7, 11) is 0. The number of ketones is 1. The quantitative estimate of drug-likeness (QED) is 0.713. The molecule has 3 nitrogen and oxygen atoms in total. The summed E-state index contributed by atoms with van der Waals surface area (Å²) >= 11 is 3.09. The highest BCUT2D eigenvalue weighted by Crippen LogP contribution is 2.20. The van der Waals surface area contributed by atoms with Crippen molar-refractivity contribution in [2.75, 3.05) is 0 Å². The minimum absolute atomic E-state index is 0.0986. The van der Waals surface area contributed by atoms with Crippen LogP contribution in [-0.2, 0) is 6.42 Å². The highest BCUT2D eigenvalue weighted by molar-refractivity contribution is 9.10. The van der Waals surface area contributed by atoms with Crippen molar-refractivity contribution in [3.05, 3.63) is 52.0 Å². The number of rotatable bonds is 6. The van der Waals surface area contributed by atoms with Crippen molar-refractivity contribution < 1.29 is 9.18 Å². The molecule has 0 saturated heterocycles. The monoisotopic (exact) mass is 352 g/mol. The Balaban J connectivity index is 2.15. The van der Waals surface area contributed by atoms with Gasteiger partial charge in [0, 0.05) is 6.20 Å². The lowest BCUT2D eigenvalue weighted by Gasteiger charge is -2.12. The number of nitrogens with zero attached hydrogens (tertiary/aromatic N) is 2. The SMILES string of the molecule is CCC(CC)n1ccc(CC(=O)c2cccc(Br)c2F)n1. The molecule has 2 aromatic rings. The summed E-state index contributed by atoms with van der Waals surface area (Å²) in [5.74, 6) is -0.773. The summed E-state index contributed by atoms with van der Waals surface area (Å²) in [6.07, 6.45) is 3.98. The third kappa shape index (κ3) is 3.59. The van der Waals surface area contributed by atoms with Gasteiger partial charge in [-0.05, 0) is 47.0 Å². The van der Waals surface area contributed by atoms with Gasteiger partial charge >= 0.3 is 0 Å². The van der Waals surface area contributed by atoms with E-state index in [0.29, 0.717) is 16.2 Å². The third-order valence-corrected chi connectivity index (χ3v) is 4.19. The van der Waals surface area contributed by atoms with Crippen LogP contribution in [0.25, 0.3) is 0 Å². The molecule has 0 aliphatic rings. The zero-order valence-electron chi connectivity index (χ0n) is 12.1. The van der Waals surface area contributed by atoms with E-state index in [1.165, 1.54) is 6.07 Å². The lowest BCUT2D eigenvalue weighted by molar-refractivity contribution is 0.0987. The van der Waals surface area contributed by atoms with Crippen molar-refractivity contribution in [3.8, 4) is 0 Å². The Labute approximate surface area is 132 Å². The minimum atomic E-state index is -0.512. The second-order valence-electron chi connectivity index (χ2n) is 4.96. The van der Waals surface area contributed by atoms with E-state index in [1.54, 1.807) is 12.1 Å². The number of hydrogen-bond donors (Lipinski definition) is 0. The summed E-state index contributed by atoms with van der Waals surface area (Å²) in [5.41, 5.74) is 0.771. The van der Waals surface area contributed by atoms with Crippen LogP contribution in [0.2, 0.25) is 0 Å². The maximum Gasteiger partial charge on any atom is 0.171 e. The molecule has 0 saturated carbocycles. The molecule has 21 heavy (non-hydrogen) atoms. The van der Waals surface area contributed by atoms with E-state index in [0.717, 1.165) is 12.8 Å². The maximum absolute atomic E-state index is 13.9. The van der Waals surface area contributed by atoms with Crippen LogP contribution in [0.5, 0.6) is 0 Å². The van der Waals surface area contributed by atoms with Gasteiger partial charge in [-0.15, -0.1) is 0 Å². The van der Waals surface area contributed by atoms with Gasteiger partial charge in [0.25, 0.3) is 0 Å². The largest absolute Gasteiger partial charge is 0.294 e. The predicted molar refractivity (Wildman–Crippen MR) is 84.0 cm³/mol. The Kier molecular flexibility index (Phi) is 5.28. The third-order valence-electron chi connectivity index (χ3n) is 3.57. The van der Waals surface area contributed by atoms with Crippen LogP contribution in [0.4, 0.5) is 4.39 Å². The number of aromatic nitrogens is 2. The standard InChI is InChI=1S/C16H18BrFN2O/c1-3-12(4-2)20-9-8-11(19-20)10-15(21)13-6-5-7-14(17)16(13)18/h5-9,12H,3-4,10H2,1-2H3. The van der Waals surface area contributed by atoms with E-state index in [-0.39, 0.29) is 17.8 Å². The van der Waals surface area contributed by atoms with E-state index >= 15 is 0 Å². The van der Waals surface area contributed by atoms with Gasteiger partial charge in [0.15, 0.2) is 5.78 Å². The molecule has 2 rings (SSSR count). The molecule has 0 fully saturated rings. The smallest absolute Gasteiger partial charge is 0.171 e. The Morgan fingerprint density at radius 2 is 2.05 bits per heavy atom. The van der Waals surface area contributed by atoms with Crippen molar-refractivity contribution >= 4 is 21.7 Å². The highest BCUT2D eigenvalue weighted by Gasteiger charge is 2.16. The lowest BCUT2D eigenvalue weighted by Crippen LogP contribution is -2.10. The molecule has 1 heterocycles. The van der Waals surface area contributed by atoms with Crippen molar-refractivity contribution in [1.82, 2.24) is 9.78 Å². The fourth-order valence-corrected chi connectivity index (χ4v) is 2.68. The summed E-state index contributed by atoms with van der Waals surface area (Å²) in [4.78, 5) is 12.2. The van der Waals surface area contributed by atoms with Gasteiger partial charge in [0.1, 0.15) is 5.82 Å². The Morgan fingerprint density at radius 1 is 1.33 bits per heavy atom. The molecule has 0 radical (unpaired) electrons. The minimum Gasteiger partial charge on any atom is -0.294 e. The van der Waals surface area contributed by atoms with Gasteiger partial charge in [0.2, 0.25) is 0 Å². The fourth-order valence-electron chi connectivity index (χ4n) is 2.32. The summed E-state index contributed by atoms with van der Waals surface area (Å²) < 4.78 is 16.1. The van der Waals surface area contributed by atoms with Crippen molar-refractivity contribution in [2.45, 2.75) is 39.2 Å². The lowest BCUT2D eigenvalue weighted by atomic mass is 10.1. The van der Waals surface area contributed by atoms with Crippen LogP contribution in [0.1, 0.15) is 48.8 Å². The molecule has 1 aromatic carbocycles. The second-order valence-corrected chi connectivity index (χ2v) is 5.81. The molecule has 0 N–H and O–H groups in total. The molecule has 0 aliphatic carbocycles. The zero-order valence-corrected chi connectivity index (χ0v) is 13.7. The molecule has 0 bridgehead atoms. The molecule has 0 amide bonds. The molecule has 112 valence electrons. The van der Waals surface area contributed by atoms with Gasteiger partial charge in [0.05, 0.1) is 28.2 Å². The summed E-state index contributed by atoms with van der Waals surface area (Å²) in [5, 5.41) is 4.43. The van der Waals surface area contributed by atoms with E-state index < -0.39 is 5.82 Å². The van der Waals surface area contributed by atoms with Crippen LogP contribution in [0, 0.1) is 5.82 Å². The molecule has 0 spiro atoms. The normalized spacial score (nSPS) is 11.1. The van der Waals surface area contributed by atoms with Gasteiger partial charge in [-0.3, -0.25) is 9.48 Å². The fraction of sp³-hybridized carbons (Fsp3) is 0.375. The Hall–Kier alpha value is -1.49. The molecular formula is C16H18BrFN2O. The van der Waals surface area contributed by atoms with Gasteiger partial charge in [-0.1, -0.05) is 19.9 Å². The van der Waals surface area contributed by atoms with Crippen LogP contribution in [-0.4, -0.2) is 15.6 Å². The van der Waals surface area contributed by atoms with Gasteiger partial charge in [-0.2, -0.15) is 5.10 Å². The van der Waals surface area contributed by atoms with E-state index in [4.69, 9.17) is 0 Å². The first-order valence-electron chi connectivity index (χ1n) is 7.08. The highest BCUT2D eigenvalue weighted by atomic mass is 79.9. The first-order valence-corrected chi connectivity index (χ1v) is 7.87. The molecule has 0 aliphatic heterocycles. The van der Waals surface area contributed by atoms with Crippen molar-refractivity contribution in [1.29, 1.82) is 0 Å². The van der Waals surface area contributed by atoms with Crippen LogP contribution < -0.4 is 0 Å². The van der Waals surface area contributed by atoms with Gasteiger partial charge in [-0.25, -0.2) is 4.39 Å². The number of benzene rings is 1. The van der Waals surface area contributed by atoms with Crippen LogP contribution >= 0.6 is 15.9 Å². The zero-order chi connectivity index (χ0) is 15.4. The van der Waals surface area contributed by atoms with Crippen LogP contribution in [0.3, 0.4) is 0 Å². The number of halogens is 2. The predicted octanol–water partition coefficient (Wildman–Crippen LogP) is 4.57. The second kappa shape index (κ2) is 6.98. The maximum atomic E-state index is 13.9. The molecule has 0 unspecified atom stereocenters. The van der Waals surface area contributed by atoms with E-state index in [2.05, 4.69) is 34.9 Å². The first-order chi connectivity index (χ1) is 10.1. The van der Waals surface area contributed by atoms with Crippen molar-refractivity contribution in [3.63, 3.8) is 0 Å². The average molecular weight is 353 g/mol. The Morgan fingerprint density at radius 3 is 2.71 bits per heavy atom. The molecule has 0 atom stereocenters. The Bertz CT molecular complexity index is 635. The van der Waals surface area contributed by atoms with Gasteiger partial charge < -0.3 is 0 Å². The topological polar surface area (TPSA) is 34.9 Å². The molecule has 5 heteroatoms. The average Bonchev–Trinajstić information content (AvgIpc) is 2.91. The number of carbonyl (C=O) groups is 1. The number of hydrogen-bond acceptors (Lipinski definition) is 2. The van der Waals surface area contributed by atoms with Crippen molar-refractivity contribution in [2.24, 2.45) is 0 Å². The van der Waals surface area contributed by atoms with Crippen LogP contribution in [0.15, 0.2) is 34.9 Å². The molecule has 1 aromatic heterocycles. The number of carbonyl (C=O) groups excluding carboxylic acids is 1. The number of Topliss-reactive ketones (excluding diaryl/α,β-unsaturated/α-hetero) is 1. The summed E-state index contributed by atoms with van der Waals surface area (Å²) in [6.45, 7) is 4.22.